The summed E-state index contributed by atoms with van der Waals surface area (Å²) in [6.45, 7) is -4.77. The van der Waals surface area contributed by atoms with E-state index >= 15 is 0 Å². The molecule has 8 aliphatic rings. The molecule has 8 rings (SSSR count). The van der Waals surface area contributed by atoms with E-state index in [4.69, 9.17) is 47.4 Å². The highest BCUT2D eigenvalue weighted by Crippen LogP contribution is 2.34. The monoisotopic (exact) mass is 1240 g/mol. The van der Waals surface area contributed by atoms with Crippen LogP contribution in [0.4, 0.5) is 0 Å². The van der Waals surface area contributed by atoms with E-state index in [2.05, 4.69) is 0 Å². The molecule has 0 spiro atoms. The molecule has 0 fully saturated rings. The van der Waals surface area contributed by atoms with Gasteiger partial charge in [0.1, 0.15) is 52.9 Å². The SMILES string of the molecule is O=C(OCC(COCC(COC(=O)C1=CCCCC1)(COC(=O)C1=CCCCC1)COC(=O)C1=CCCCC1)(COCC(COC(=O)C1=CCCCC1)(COC(=O)C1=CCCCC1)COC(=O)C1=CCCCC1)COC(=O)C1=CCCCC1)C1=CCCCC1. The molecule has 0 N–H and O–H groups in total. The van der Waals surface area contributed by atoms with Crippen LogP contribution in [0, 0.1) is 16.2 Å². The molecule has 0 bridgehead atoms. The molecule has 0 aliphatic heterocycles. The van der Waals surface area contributed by atoms with Crippen molar-refractivity contribution in [2.45, 2.75) is 205 Å². The van der Waals surface area contributed by atoms with E-state index in [1.165, 1.54) is 0 Å². The number of carbonyl (C=O) groups is 8. The smallest absolute Gasteiger partial charge is 0.333 e. The summed E-state index contributed by atoms with van der Waals surface area (Å²) in [5.74, 6) is -4.49. The predicted molar refractivity (Wildman–Crippen MR) is 329 cm³/mol. The maximum Gasteiger partial charge on any atom is 0.333 e. The van der Waals surface area contributed by atoms with Crippen molar-refractivity contribution in [3.63, 3.8) is 0 Å². The molecule has 0 saturated heterocycles. The summed E-state index contributed by atoms with van der Waals surface area (Å²) in [7, 11) is 0. The van der Waals surface area contributed by atoms with Crippen LogP contribution < -0.4 is 0 Å². The molecule has 0 radical (unpaired) electrons. The Kier molecular flexibility index (Phi) is 27.6. The fourth-order valence-electron chi connectivity index (χ4n) is 12.4. The number of hydrogen-bond acceptors (Lipinski definition) is 18. The zero-order valence-corrected chi connectivity index (χ0v) is 52.6. The van der Waals surface area contributed by atoms with Crippen LogP contribution in [-0.2, 0) is 85.7 Å². The zero-order chi connectivity index (χ0) is 62.6. The lowest BCUT2D eigenvalue weighted by Crippen LogP contribution is -2.48. The van der Waals surface area contributed by atoms with E-state index in [0.717, 1.165) is 103 Å². The first-order valence-corrected chi connectivity index (χ1v) is 33.4. The van der Waals surface area contributed by atoms with Gasteiger partial charge in [-0.2, -0.15) is 0 Å². The maximum atomic E-state index is 14.2. The minimum atomic E-state index is -1.57. The second kappa shape index (κ2) is 35.9. The van der Waals surface area contributed by atoms with Crippen LogP contribution >= 0.6 is 0 Å². The molecule has 488 valence electrons. The maximum absolute atomic E-state index is 14.2. The van der Waals surface area contributed by atoms with Crippen LogP contribution in [0.5, 0.6) is 0 Å². The summed E-state index contributed by atoms with van der Waals surface area (Å²) in [6.07, 6.45) is 38.5. The van der Waals surface area contributed by atoms with Crippen molar-refractivity contribution in [2.75, 3.05) is 79.3 Å². The van der Waals surface area contributed by atoms with E-state index in [1.54, 1.807) is 0 Å². The Morgan fingerprint density at radius 3 is 0.472 bits per heavy atom. The van der Waals surface area contributed by atoms with Gasteiger partial charge in [-0.05, 0) is 205 Å². The summed E-state index contributed by atoms with van der Waals surface area (Å²) in [5.41, 5.74) is -0.551. The fourth-order valence-corrected chi connectivity index (χ4v) is 12.4. The second-order valence-electron chi connectivity index (χ2n) is 25.9. The molecule has 18 nitrogen and oxygen atoms in total. The van der Waals surface area contributed by atoms with Gasteiger partial charge < -0.3 is 47.4 Å². The van der Waals surface area contributed by atoms with Crippen molar-refractivity contribution in [1.29, 1.82) is 0 Å². The van der Waals surface area contributed by atoms with E-state index in [1.807, 2.05) is 48.6 Å². The lowest BCUT2D eigenvalue weighted by Gasteiger charge is -2.37. The Bertz CT molecular complexity index is 2360. The Balaban J connectivity index is 1.15. The molecule has 0 aromatic rings. The van der Waals surface area contributed by atoms with E-state index in [0.29, 0.717) is 147 Å². The van der Waals surface area contributed by atoms with Crippen molar-refractivity contribution in [1.82, 2.24) is 0 Å². The number of ether oxygens (including phenoxy) is 10. The number of carbonyl (C=O) groups excluding carboxylic acids is 8. The molecular formula is C71H96O18. The minimum Gasteiger partial charge on any atom is -0.461 e. The Labute approximate surface area is 525 Å². The van der Waals surface area contributed by atoms with Crippen LogP contribution in [0.2, 0.25) is 0 Å². The van der Waals surface area contributed by atoms with Gasteiger partial charge in [0.15, 0.2) is 0 Å². The van der Waals surface area contributed by atoms with E-state index < -0.39 is 117 Å². The van der Waals surface area contributed by atoms with Crippen LogP contribution in [0.3, 0.4) is 0 Å². The summed E-state index contributed by atoms with van der Waals surface area (Å²) in [6, 6.07) is 0. The Morgan fingerprint density at radius 2 is 0.348 bits per heavy atom. The molecule has 89 heavy (non-hydrogen) atoms. The summed E-state index contributed by atoms with van der Waals surface area (Å²) < 4.78 is 62.9. The van der Waals surface area contributed by atoms with Gasteiger partial charge in [-0.1, -0.05) is 48.6 Å². The summed E-state index contributed by atoms with van der Waals surface area (Å²) in [5, 5.41) is 0. The molecule has 0 unspecified atom stereocenters. The van der Waals surface area contributed by atoms with Gasteiger partial charge >= 0.3 is 47.8 Å². The highest BCUT2D eigenvalue weighted by molar-refractivity contribution is 5.92. The molecule has 0 atom stereocenters. The van der Waals surface area contributed by atoms with Gasteiger partial charge in [0.25, 0.3) is 0 Å². The zero-order valence-electron chi connectivity index (χ0n) is 52.6. The third-order valence-corrected chi connectivity index (χ3v) is 18.1. The third kappa shape index (κ3) is 21.9. The molecule has 18 heteroatoms. The molecule has 0 amide bonds. The quantitative estimate of drug-likeness (QED) is 0.0450. The molecule has 0 heterocycles. The van der Waals surface area contributed by atoms with Gasteiger partial charge in [0, 0.05) is 44.6 Å². The number of rotatable bonds is 32. The fraction of sp³-hybridized carbons (Fsp3) is 0.662. The van der Waals surface area contributed by atoms with Crippen molar-refractivity contribution in [3.8, 4) is 0 Å². The molecular weight excluding hydrogens is 1140 g/mol. The molecule has 8 aliphatic carbocycles. The van der Waals surface area contributed by atoms with Gasteiger partial charge in [0.05, 0.1) is 42.7 Å². The predicted octanol–water partition coefficient (Wildman–Crippen LogP) is 12.3. The first kappa shape index (κ1) is 68.5. The average Bonchev–Trinajstić information content (AvgIpc) is 3.23. The Morgan fingerprint density at radius 1 is 0.213 bits per heavy atom. The first-order valence-electron chi connectivity index (χ1n) is 33.4. The van der Waals surface area contributed by atoms with Crippen LogP contribution in [0.1, 0.15) is 205 Å². The first-order chi connectivity index (χ1) is 43.3. The van der Waals surface area contributed by atoms with Gasteiger partial charge in [-0.25, -0.2) is 38.4 Å². The van der Waals surface area contributed by atoms with Crippen LogP contribution in [0.15, 0.2) is 93.2 Å². The number of esters is 8. The normalized spacial score (nSPS) is 19.3. The molecule has 0 aromatic carbocycles. The lowest BCUT2D eigenvalue weighted by atomic mass is 9.89. The number of hydrogen-bond donors (Lipinski definition) is 0. The van der Waals surface area contributed by atoms with Crippen molar-refractivity contribution < 1.29 is 85.7 Å². The van der Waals surface area contributed by atoms with E-state index in [-0.39, 0.29) is 26.4 Å². The van der Waals surface area contributed by atoms with E-state index in [9.17, 15) is 38.4 Å². The largest absolute Gasteiger partial charge is 0.461 e. The van der Waals surface area contributed by atoms with Gasteiger partial charge in [-0.15, -0.1) is 0 Å². The highest BCUT2D eigenvalue weighted by Gasteiger charge is 2.44. The van der Waals surface area contributed by atoms with Gasteiger partial charge in [-0.3, -0.25) is 0 Å². The third-order valence-electron chi connectivity index (χ3n) is 18.1. The minimum absolute atomic E-state index is 0.370. The second-order valence-corrected chi connectivity index (χ2v) is 25.9. The van der Waals surface area contributed by atoms with Crippen molar-refractivity contribution in [3.05, 3.63) is 93.2 Å². The van der Waals surface area contributed by atoms with Crippen molar-refractivity contribution in [2.24, 2.45) is 16.2 Å². The molecule has 0 saturated carbocycles. The van der Waals surface area contributed by atoms with Crippen LogP contribution in [-0.4, -0.2) is 127 Å². The Hall–Kier alpha value is -6.40. The number of allylic oxidation sites excluding steroid dienone is 8. The molecule has 0 aromatic heterocycles. The van der Waals surface area contributed by atoms with Crippen LogP contribution in [0.25, 0.3) is 0 Å². The average molecular weight is 1240 g/mol. The topological polar surface area (TPSA) is 229 Å². The lowest BCUT2D eigenvalue weighted by molar-refractivity contribution is -0.174. The van der Waals surface area contributed by atoms with Crippen molar-refractivity contribution >= 4 is 47.8 Å². The standard InChI is InChI=1S/C71H96O18/c72-61(53-25-9-1-10-26-53)82-45-69(46-83-62(73)54-27-11-2-12-28-54,41-80-43-70(47-84-63(74)55-29-13-3-14-30-55,48-85-64(75)56-31-15-4-16-32-56)49-86-65(76)57-33-17-5-18-34-57)42-81-44-71(50-87-66(77)58-35-19-6-20-36-58,51-88-67(78)59-37-21-7-22-38-59)52-89-68(79)60-39-23-8-24-40-60/h25,27,29,31,33,35,37,39H,1-24,26,28,30,32,34,36,38,40-52H2. The summed E-state index contributed by atoms with van der Waals surface area (Å²) in [4.78, 5) is 112. The van der Waals surface area contributed by atoms with Gasteiger partial charge in [0.2, 0.25) is 0 Å². The summed E-state index contributed by atoms with van der Waals surface area (Å²) >= 11 is 0. The highest BCUT2D eigenvalue weighted by atomic mass is 16.6.